The van der Waals surface area contributed by atoms with Gasteiger partial charge in [0.1, 0.15) is 17.2 Å². The first-order valence-electron chi connectivity index (χ1n) is 9.21. The predicted octanol–water partition coefficient (Wildman–Crippen LogP) is 3.49. The molecule has 2 aromatic rings. The lowest BCUT2D eigenvalue weighted by molar-refractivity contribution is -0.114. The van der Waals surface area contributed by atoms with Crippen molar-refractivity contribution in [2.24, 2.45) is 0 Å². The van der Waals surface area contributed by atoms with Crippen LogP contribution in [0.2, 0.25) is 0 Å². The summed E-state index contributed by atoms with van der Waals surface area (Å²) in [6, 6.07) is 8.37. The molecule has 0 bridgehead atoms. The van der Waals surface area contributed by atoms with E-state index in [4.69, 9.17) is 23.7 Å². The standard InChI is InChI=1S/C23H24O7/c1-26-17-10-21(28-3)18(22(11-17)29-4)9-16-13-30-12-15(23(16)25)7-14-5-6-20(27-2)19(24)8-14/h5-11,24H,12-13H2,1-4H3/b15-7+,16-9+. The number of rotatable bonds is 6. The van der Waals surface area contributed by atoms with Crippen molar-refractivity contribution in [1.82, 2.24) is 0 Å². The summed E-state index contributed by atoms with van der Waals surface area (Å²) in [4.78, 5) is 13.1. The quantitative estimate of drug-likeness (QED) is 0.727. The van der Waals surface area contributed by atoms with E-state index in [9.17, 15) is 9.90 Å². The topological polar surface area (TPSA) is 83.5 Å². The summed E-state index contributed by atoms with van der Waals surface area (Å²) < 4.78 is 26.8. The van der Waals surface area contributed by atoms with Crippen LogP contribution < -0.4 is 18.9 Å². The van der Waals surface area contributed by atoms with Crippen LogP contribution in [0.3, 0.4) is 0 Å². The van der Waals surface area contributed by atoms with Crippen molar-refractivity contribution in [1.29, 1.82) is 0 Å². The zero-order valence-corrected chi connectivity index (χ0v) is 17.4. The van der Waals surface area contributed by atoms with Crippen LogP contribution in [-0.4, -0.2) is 52.5 Å². The fourth-order valence-electron chi connectivity index (χ4n) is 3.17. The Bertz CT molecular complexity index is 980. The molecule has 3 rings (SSSR count). The molecule has 0 radical (unpaired) electrons. The van der Waals surface area contributed by atoms with Gasteiger partial charge in [0.05, 0.1) is 47.2 Å². The summed E-state index contributed by atoms with van der Waals surface area (Å²) in [5, 5.41) is 9.97. The lowest BCUT2D eigenvalue weighted by Gasteiger charge is -2.19. The lowest BCUT2D eigenvalue weighted by Crippen LogP contribution is -2.22. The lowest BCUT2D eigenvalue weighted by atomic mass is 9.97. The smallest absolute Gasteiger partial charge is 0.189 e. The fraction of sp³-hybridized carbons (Fsp3) is 0.261. The molecular weight excluding hydrogens is 388 g/mol. The highest BCUT2D eigenvalue weighted by Gasteiger charge is 2.23. The van der Waals surface area contributed by atoms with Crippen molar-refractivity contribution in [2.45, 2.75) is 0 Å². The largest absolute Gasteiger partial charge is 0.504 e. The molecule has 0 unspecified atom stereocenters. The molecule has 1 aliphatic heterocycles. The van der Waals surface area contributed by atoms with Gasteiger partial charge in [0, 0.05) is 23.3 Å². The fourth-order valence-corrected chi connectivity index (χ4v) is 3.17. The normalized spacial score (nSPS) is 16.6. The molecule has 0 amide bonds. The number of benzene rings is 2. The SMILES string of the molecule is COc1cc(OC)c(/C=C2\COC/C(=C\c3ccc(OC)c(O)c3)C2=O)c(OC)c1. The molecule has 0 atom stereocenters. The van der Waals surface area contributed by atoms with Crippen LogP contribution in [0.1, 0.15) is 11.1 Å². The van der Waals surface area contributed by atoms with Crippen molar-refractivity contribution in [3.05, 3.63) is 52.6 Å². The van der Waals surface area contributed by atoms with Crippen LogP contribution in [0, 0.1) is 0 Å². The van der Waals surface area contributed by atoms with E-state index in [1.165, 1.54) is 27.4 Å². The van der Waals surface area contributed by atoms with Crippen molar-refractivity contribution < 1.29 is 33.6 Å². The molecule has 1 saturated heterocycles. The van der Waals surface area contributed by atoms with E-state index < -0.39 is 0 Å². The van der Waals surface area contributed by atoms with Gasteiger partial charge in [0.2, 0.25) is 0 Å². The van der Waals surface area contributed by atoms with E-state index in [2.05, 4.69) is 0 Å². The van der Waals surface area contributed by atoms with Crippen LogP contribution in [0.4, 0.5) is 0 Å². The average Bonchev–Trinajstić information content (AvgIpc) is 2.76. The summed E-state index contributed by atoms with van der Waals surface area (Å²) in [6.45, 7) is 0.349. The minimum absolute atomic E-state index is 0.000465. The van der Waals surface area contributed by atoms with Crippen LogP contribution in [0.25, 0.3) is 12.2 Å². The van der Waals surface area contributed by atoms with Crippen LogP contribution in [-0.2, 0) is 9.53 Å². The number of carbonyl (C=O) groups excluding carboxylic acids is 1. The van der Waals surface area contributed by atoms with Crippen LogP contribution in [0.5, 0.6) is 28.7 Å². The molecule has 158 valence electrons. The molecular formula is C23H24O7. The molecule has 0 aromatic heterocycles. The highest BCUT2D eigenvalue weighted by atomic mass is 16.5. The average molecular weight is 412 g/mol. The maximum atomic E-state index is 13.1. The van der Waals surface area contributed by atoms with E-state index in [0.29, 0.717) is 45.3 Å². The number of hydrogen-bond acceptors (Lipinski definition) is 7. The molecule has 1 heterocycles. The number of carbonyl (C=O) groups is 1. The van der Waals surface area contributed by atoms with E-state index >= 15 is 0 Å². The Morgan fingerprint density at radius 1 is 0.833 bits per heavy atom. The third-order valence-corrected chi connectivity index (χ3v) is 4.71. The summed E-state index contributed by atoms with van der Waals surface area (Å²) in [7, 11) is 6.11. The molecule has 1 fully saturated rings. The first-order valence-corrected chi connectivity index (χ1v) is 9.21. The van der Waals surface area contributed by atoms with Gasteiger partial charge in [-0.25, -0.2) is 0 Å². The summed E-state index contributed by atoms with van der Waals surface area (Å²) in [5.41, 5.74) is 2.23. The molecule has 0 aliphatic carbocycles. The third kappa shape index (κ3) is 4.41. The van der Waals surface area contributed by atoms with Crippen LogP contribution >= 0.6 is 0 Å². The van der Waals surface area contributed by atoms with Crippen molar-refractivity contribution >= 4 is 17.9 Å². The van der Waals surface area contributed by atoms with Crippen molar-refractivity contribution in [3.8, 4) is 28.7 Å². The van der Waals surface area contributed by atoms with Crippen molar-refractivity contribution in [3.63, 3.8) is 0 Å². The van der Waals surface area contributed by atoms with Gasteiger partial charge >= 0.3 is 0 Å². The van der Waals surface area contributed by atoms with Gasteiger partial charge in [-0.15, -0.1) is 0 Å². The number of methoxy groups -OCH3 is 4. The minimum Gasteiger partial charge on any atom is -0.504 e. The van der Waals surface area contributed by atoms with Gasteiger partial charge < -0.3 is 28.8 Å². The molecule has 0 spiro atoms. The Balaban J connectivity index is 1.97. The van der Waals surface area contributed by atoms with Crippen molar-refractivity contribution in [2.75, 3.05) is 41.7 Å². The number of hydrogen-bond donors (Lipinski definition) is 1. The number of phenols is 1. The molecule has 1 N–H and O–H groups in total. The Morgan fingerprint density at radius 3 is 1.97 bits per heavy atom. The van der Waals surface area contributed by atoms with E-state index in [1.54, 1.807) is 43.5 Å². The van der Waals surface area contributed by atoms with Gasteiger partial charge in [-0.2, -0.15) is 0 Å². The van der Waals surface area contributed by atoms with Gasteiger partial charge in [0.25, 0.3) is 0 Å². The summed E-state index contributed by atoms with van der Waals surface area (Å²) in [6.07, 6.45) is 3.40. The Kier molecular flexibility index (Phi) is 6.64. The molecule has 2 aromatic carbocycles. The zero-order valence-electron chi connectivity index (χ0n) is 17.4. The second-order valence-electron chi connectivity index (χ2n) is 6.54. The summed E-state index contributed by atoms with van der Waals surface area (Å²) >= 11 is 0. The highest BCUT2D eigenvalue weighted by Crippen LogP contribution is 2.36. The number of phenolic OH excluding ortho intramolecular Hbond substituents is 1. The first-order chi connectivity index (χ1) is 14.5. The maximum absolute atomic E-state index is 13.1. The van der Waals surface area contributed by atoms with Gasteiger partial charge in [0.15, 0.2) is 17.3 Å². The second-order valence-corrected chi connectivity index (χ2v) is 6.54. The molecule has 1 aliphatic rings. The molecule has 7 heteroatoms. The van der Waals surface area contributed by atoms with Gasteiger partial charge in [-0.1, -0.05) is 6.07 Å². The van der Waals surface area contributed by atoms with E-state index in [1.807, 2.05) is 0 Å². The summed E-state index contributed by atoms with van der Waals surface area (Å²) in [5.74, 6) is 1.83. The highest BCUT2D eigenvalue weighted by molar-refractivity contribution is 6.14. The second kappa shape index (κ2) is 9.37. The van der Waals surface area contributed by atoms with Crippen LogP contribution in [0.15, 0.2) is 41.5 Å². The maximum Gasteiger partial charge on any atom is 0.189 e. The minimum atomic E-state index is -0.142. The Hall–Kier alpha value is -3.45. The Morgan fingerprint density at radius 2 is 1.43 bits per heavy atom. The predicted molar refractivity (Wildman–Crippen MR) is 113 cm³/mol. The number of ketones is 1. The number of aromatic hydroxyl groups is 1. The molecule has 0 saturated carbocycles. The van der Waals surface area contributed by atoms with Gasteiger partial charge in [-0.05, 0) is 29.8 Å². The first kappa shape index (κ1) is 21.3. The molecule has 7 nitrogen and oxygen atoms in total. The third-order valence-electron chi connectivity index (χ3n) is 4.71. The van der Waals surface area contributed by atoms with Gasteiger partial charge in [-0.3, -0.25) is 4.79 Å². The number of Topliss-reactive ketones (excluding diaryl/α,β-unsaturated/α-hetero) is 1. The van der Waals surface area contributed by atoms with E-state index in [0.717, 1.165) is 0 Å². The Labute approximate surface area is 175 Å². The zero-order chi connectivity index (χ0) is 21.7. The van der Waals surface area contributed by atoms with E-state index in [-0.39, 0.29) is 24.7 Å². The number of ether oxygens (including phenoxy) is 5. The monoisotopic (exact) mass is 412 g/mol. The molecule has 30 heavy (non-hydrogen) atoms.